The fourth-order valence-electron chi connectivity index (χ4n) is 3.76. The molecule has 1 atom stereocenters. The number of amides is 2. The molecule has 0 bridgehead atoms. The van der Waals surface area contributed by atoms with Crippen molar-refractivity contribution in [3.8, 4) is 5.88 Å². The summed E-state index contributed by atoms with van der Waals surface area (Å²) in [6.45, 7) is 1.39. The van der Waals surface area contributed by atoms with Crippen LogP contribution in [-0.2, 0) is 11.4 Å². The number of para-hydroxylation sites is 1. The van der Waals surface area contributed by atoms with Crippen molar-refractivity contribution in [3.05, 3.63) is 98.0 Å². The summed E-state index contributed by atoms with van der Waals surface area (Å²) in [4.78, 5) is 38.8. The summed E-state index contributed by atoms with van der Waals surface area (Å²) < 4.78 is 24.6. The molecule has 39 heavy (non-hydrogen) atoms. The van der Waals surface area contributed by atoms with Crippen molar-refractivity contribution in [2.45, 2.75) is 19.7 Å². The summed E-state index contributed by atoms with van der Waals surface area (Å²) >= 11 is 19.0. The maximum Gasteiger partial charge on any atom is 0.269 e. The lowest BCUT2D eigenvalue weighted by Crippen LogP contribution is -2.42. The summed E-state index contributed by atoms with van der Waals surface area (Å²) in [6.07, 6.45) is -0.599. The van der Waals surface area contributed by atoms with Crippen molar-refractivity contribution in [1.82, 2.24) is 20.4 Å². The number of carbonyl (C=O) groups is 2. The van der Waals surface area contributed by atoms with Gasteiger partial charge in [-0.3, -0.25) is 9.59 Å². The van der Waals surface area contributed by atoms with Gasteiger partial charge in [0.1, 0.15) is 11.4 Å². The van der Waals surface area contributed by atoms with Crippen molar-refractivity contribution in [2.24, 2.45) is 4.99 Å². The number of aryl methyl sites for hydroxylation is 1. The van der Waals surface area contributed by atoms with E-state index in [1.807, 2.05) is 0 Å². The van der Waals surface area contributed by atoms with Crippen LogP contribution >= 0.6 is 34.8 Å². The number of carbonyl (C=O) groups excluding carboxylic acids is 2. The Labute approximate surface area is 235 Å². The molecule has 3 heterocycles. The number of aliphatic imine (C=N–C) groups is 1. The van der Waals surface area contributed by atoms with E-state index in [4.69, 9.17) is 44.1 Å². The lowest BCUT2D eigenvalue weighted by atomic mass is 10.0. The Morgan fingerprint density at radius 2 is 1.92 bits per heavy atom. The van der Waals surface area contributed by atoms with Gasteiger partial charge in [-0.25, -0.2) is 14.4 Å². The molecule has 2 amide bonds. The maximum absolute atomic E-state index is 14.1. The second kappa shape index (κ2) is 11.0. The molecule has 0 saturated heterocycles. The van der Waals surface area contributed by atoms with E-state index in [1.165, 1.54) is 12.1 Å². The number of rotatable bonds is 6. The molecule has 0 fully saturated rings. The highest BCUT2D eigenvalue weighted by atomic mass is 35.5. The van der Waals surface area contributed by atoms with Gasteiger partial charge in [-0.1, -0.05) is 58.2 Å². The highest BCUT2D eigenvalue weighted by Crippen LogP contribution is 2.34. The molecule has 14 heteroatoms. The van der Waals surface area contributed by atoms with Gasteiger partial charge in [0.15, 0.2) is 12.4 Å². The first-order valence-corrected chi connectivity index (χ1v) is 12.3. The molecule has 10 nitrogen and oxygen atoms in total. The van der Waals surface area contributed by atoms with Crippen LogP contribution in [0.3, 0.4) is 0 Å². The molecule has 2 N–H and O–H groups in total. The number of fused-ring (bicyclic) bond motifs is 1. The van der Waals surface area contributed by atoms with Crippen LogP contribution in [0.1, 0.15) is 33.2 Å². The van der Waals surface area contributed by atoms with Crippen molar-refractivity contribution >= 4 is 58.0 Å². The number of nitrogens with zero attached hydrogens (tertiary/aromatic N) is 4. The molecule has 0 spiro atoms. The first-order chi connectivity index (χ1) is 18.7. The number of benzene rings is 2. The molecular weight excluding hydrogens is 574 g/mol. The molecule has 5 rings (SSSR count). The van der Waals surface area contributed by atoms with Gasteiger partial charge in [0.05, 0.1) is 27.6 Å². The third-order valence-corrected chi connectivity index (χ3v) is 6.24. The summed E-state index contributed by atoms with van der Waals surface area (Å²) in [7, 11) is 0. The average Bonchev–Trinajstić information content (AvgIpc) is 3.25. The number of ether oxygens (including phenoxy) is 1. The number of pyridine rings is 1. The van der Waals surface area contributed by atoms with E-state index in [-0.39, 0.29) is 39.7 Å². The quantitative estimate of drug-likeness (QED) is 0.324. The highest BCUT2D eigenvalue weighted by Gasteiger charge is 2.30. The van der Waals surface area contributed by atoms with Gasteiger partial charge in [-0.15, -0.1) is 0 Å². The molecule has 0 radical (unpaired) electrons. The van der Waals surface area contributed by atoms with Gasteiger partial charge in [-0.2, -0.15) is 4.98 Å². The molecule has 1 unspecified atom stereocenters. The topological polar surface area (TPSA) is 132 Å². The Balaban J connectivity index is 1.50. The number of benzodiazepines with no additional fused rings is 1. The largest absolute Gasteiger partial charge is 0.467 e. The van der Waals surface area contributed by atoms with E-state index >= 15 is 0 Å². The molecule has 198 valence electrons. The summed E-state index contributed by atoms with van der Waals surface area (Å²) in [5.41, 5.74) is 1.14. The fourth-order valence-corrected chi connectivity index (χ4v) is 4.75. The lowest BCUT2D eigenvalue weighted by Gasteiger charge is -2.15. The molecule has 2 aromatic heterocycles. The Kier molecular flexibility index (Phi) is 7.47. The molecule has 4 aromatic rings. The Hall–Kier alpha value is -4.06. The van der Waals surface area contributed by atoms with Crippen molar-refractivity contribution in [3.63, 3.8) is 0 Å². The third-order valence-electron chi connectivity index (χ3n) is 5.42. The van der Waals surface area contributed by atoms with Crippen LogP contribution in [0.4, 0.5) is 10.1 Å². The summed E-state index contributed by atoms with van der Waals surface area (Å²) in [5, 5.41) is 9.53. The minimum absolute atomic E-state index is 0.122. The van der Waals surface area contributed by atoms with E-state index in [0.29, 0.717) is 27.7 Å². The van der Waals surface area contributed by atoms with E-state index < -0.39 is 23.8 Å². The van der Waals surface area contributed by atoms with E-state index in [9.17, 15) is 14.0 Å². The maximum atomic E-state index is 14.1. The van der Waals surface area contributed by atoms with Crippen LogP contribution in [0, 0.1) is 12.7 Å². The monoisotopic (exact) mass is 588 g/mol. The van der Waals surface area contributed by atoms with Crippen molar-refractivity contribution in [1.29, 1.82) is 0 Å². The van der Waals surface area contributed by atoms with Gasteiger partial charge in [0, 0.05) is 16.1 Å². The first kappa shape index (κ1) is 26.5. The van der Waals surface area contributed by atoms with Gasteiger partial charge in [0.2, 0.25) is 12.0 Å². The summed E-state index contributed by atoms with van der Waals surface area (Å²) in [5.74, 6) is -2.08. The second-order valence-corrected chi connectivity index (χ2v) is 9.41. The zero-order valence-corrected chi connectivity index (χ0v) is 22.1. The van der Waals surface area contributed by atoms with Crippen LogP contribution in [-0.4, -0.2) is 38.8 Å². The van der Waals surface area contributed by atoms with Crippen LogP contribution < -0.4 is 15.4 Å². The Morgan fingerprint density at radius 3 is 2.64 bits per heavy atom. The summed E-state index contributed by atoms with van der Waals surface area (Å²) in [6, 6.07) is 10.7. The number of aromatic nitrogens is 3. The van der Waals surface area contributed by atoms with Crippen LogP contribution in [0.2, 0.25) is 15.1 Å². The van der Waals surface area contributed by atoms with Gasteiger partial charge in [-0.05, 0) is 31.2 Å². The van der Waals surface area contributed by atoms with E-state index in [2.05, 4.69) is 30.8 Å². The minimum atomic E-state index is -1.47. The third kappa shape index (κ3) is 5.70. The fraction of sp³-hybridized carbons (Fsp3) is 0.120. The number of nitrogens with one attached hydrogen (secondary N) is 2. The normalized spacial score (nSPS) is 14.6. The predicted molar refractivity (Wildman–Crippen MR) is 141 cm³/mol. The average molecular weight is 590 g/mol. The standard InChI is InChI=1S/C25H16Cl3FN6O4/c1-11-31-19(39-35-11)10-38-25-15(8-13(29)9-30-25)23(36)34-22-24(37)32-18-5-3-2-4-14(18)21(33-22)20-16(27)6-12(26)7-17(20)28/h2-9,22H,10H2,1H3,(H,32,37)(H,34,36). The number of hydrogen-bond acceptors (Lipinski definition) is 8. The Bertz CT molecular complexity index is 1620. The zero-order valence-electron chi connectivity index (χ0n) is 19.8. The predicted octanol–water partition coefficient (Wildman–Crippen LogP) is 5.00. The number of anilines is 1. The van der Waals surface area contributed by atoms with Gasteiger partial charge in [0.25, 0.3) is 17.7 Å². The minimum Gasteiger partial charge on any atom is -0.467 e. The molecule has 1 aliphatic heterocycles. The lowest BCUT2D eigenvalue weighted by molar-refractivity contribution is -0.117. The molecule has 2 aromatic carbocycles. The van der Waals surface area contributed by atoms with E-state index in [0.717, 1.165) is 12.3 Å². The SMILES string of the molecule is Cc1noc(COc2ncc(F)cc2C(=O)NC2N=C(c3c(Cl)cc(Cl)cc3Cl)c3ccccc3NC2=O)n1. The zero-order chi connectivity index (χ0) is 27.7. The van der Waals surface area contributed by atoms with Crippen LogP contribution in [0.5, 0.6) is 5.88 Å². The van der Waals surface area contributed by atoms with E-state index in [1.54, 1.807) is 31.2 Å². The number of hydrogen-bond donors (Lipinski definition) is 2. The Morgan fingerprint density at radius 1 is 1.18 bits per heavy atom. The molecule has 0 saturated carbocycles. The molecular formula is C25H16Cl3FN6O4. The van der Waals surface area contributed by atoms with Gasteiger partial charge < -0.3 is 19.9 Å². The van der Waals surface area contributed by atoms with Crippen molar-refractivity contribution in [2.75, 3.05) is 5.32 Å². The molecule has 1 aliphatic rings. The molecule has 0 aliphatic carbocycles. The first-order valence-electron chi connectivity index (χ1n) is 11.2. The smallest absolute Gasteiger partial charge is 0.269 e. The van der Waals surface area contributed by atoms with Gasteiger partial charge >= 0.3 is 0 Å². The highest BCUT2D eigenvalue weighted by molar-refractivity contribution is 6.44. The van der Waals surface area contributed by atoms with Crippen LogP contribution in [0.25, 0.3) is 0 Å². The number of halogens is 4. The second-order valence-electron chi connectivity index (χ2n) is 8.16. The van der Waals surface area contributed by atoms with Crippen molar-refractivity contribution < 1.29 is 23.2 Å². The van der Waals surface area contributed by atoms with Crippen LogP contribution in [0.15, 0.2) is 58.2 Å².